The van der Waals surface area contributed by atoms with Crippen LogP contribution < -0.4 is 5.48 Å². The fourth-order valence-corrected chi connectivity index (χ4v) is 3.20. The van der Waals surface area contributed by atoms with Crippen molar-refractivity contribution in [1.82, 2.24) is 15.3 Å². The van der Waals surface area contributed by atoms with E-state index in [1.165, 1.54) is 9.80 Å². The minimum absolute atomic E-state index is 0.253. The van der Waals surface area contributed by atoms with Gasteiger partial charge in [-0.05, 0) is 39.4 Å². The van der Waals surface area contributed by atoms with Crippen LogP contribution in [-0.4, -0.2) is 75.7 Å². The SMILES string of the molecule is CCSCCN(CC(=O)NO)C(=O)N1CCC[C@H]1C(=O)OC(C)(C)C. The number of likely N-dealkylation sites (tertiary alicyclic amines) is 1. The number of thioether (sulfide) groups is 1. The first kappa shape index (κ1) is 21.6. The molecular weight excluding hydrogens is 346 g/mol. The quantitative estimate of drug-likeness (QED) is 0.303. The second-order valence-corrected chi connectivity index (χ2v) is 8.21. The van der Waals surface area contributed by atoms with Gasteiger partial charge in [0.05, 0.1) is 0 Å². The van der Waals surface area contributed by atoms with Gasteiger partial charge in [0.2, 0.25) is 0 Å². The smallest absolute Gasteiger partial charge is 0.329 e. The van der Waals surface area contributed by atoms with Crippen LogP contribution >= 0.6 is 11.8 Å². The van der Waals surface area contributed by atoms with Crippen LogP contribution in [0.25, 0.3) is 0 Å². The molecule has 3 amide bonds. The van der Waals surface area contributed by atoms with Crippen molar-refractivity contribution in [3.8, 4) is 0 Å². The fraction of sp³-hybridized carbons (Fsp3) is 0.812. The largest absolute Gasteiger partial charge is 0.458 e. The molecular formula is C16H29N3O5S. The van der Waals surface area contributed by atoms with Gasteiger partial charge in [-0.2, -0.15) is 11.8 Å². The Morgan fingerprint density at radius 3 is 2.60 bits per heavy atom. The number of urea groups is 1. The van der Waals surface area contributed by atoms with E-state index in [1.54, 1.807) is 38.0 Å². The summed E-state index contributed by atoms with van der Waals surface area (Å²) in [5.41, 5.74) is 0.924. The van der Waals surface area contributed by atoms with Crippen molar-refractivity contribution in [3.05, 3.63) is 0 Å². The zero-order valence-electron chi connectivity index (χ0n) is 15.4. The molecule has 1 aliphatic rings. The first-order valence-corrected chi connectivity index (χ1v) is 9.64. The number of rotatable bonds is 7. The van der Waals surface area contributed by atoms with Crippen LogP contribution in [0.4, 0.5) is 4.79 Å². The van der Waals surface area contributed by atoms with Crippen molar-refractivity contribution in [2.24, 2.45) is 0 Å². The van der Waals surface area contributed by atoms with Crippen molar-refractivity contribution >= 4 is 29.7 Å². The van der Waals surface area contributed by atoms with Crippen molar-refractivity contribution in [1.29, 1.82) is 0 Å². The summed E-state index contributed by atoms with van der Waals surface area (Å²) in [6, 6.07) is -1.01. The van der Waals surface area contributed by atoms with Gasteiger partial charge in [0, 0.05) is 18.8 Å². The summed E-state index contributed by atoms with van der Waals surface area (Å²) in [7, 11) is 0. The van der Waals surface area contributed by atoms with Crippen molar-refractivity contribution in [2.75, 3.05) is 31.1 Å². The molecule has 0 aliphatic carbocycles. The molecule has 0 aromatic carbocycles. The molecule has 1 heterocycles. The fourth-order valence-electron chi connectivity index (χ4n) is 2.56. The molecule has 9 heteroatoms. The molecule has 0 spiro atoms. The highest BCUT2D eigenvalue weighted by Crippen LogP contribution is 2.22. The highest BCUT2D eigenvalue weighted by atomic mass is 32.2. The number of nitrogens with one attached hydrogen (secondary N) is 1. The summed E-state index contributed by atoms with van der Waals surface area (Å²) in [4.78, 5) is 39.6. The Morgan fingerprint density at radius 1 is 1.36 bits per heavy atom. The number of carbonyl (C=O) groups excluding carboxylic acids is 3. The molecule has 1 rings (SSSR count). The summed E-state index contributed by atoms with van der Waals surface area (Å²) in [6.45, 7) is 7.92. The van der Waals surface area contributed by atoms with Crippen LogP contribution in [0.5, 0.6) is 0 Å². The van der Waals surface area contributed by atoms with Crippen LogP contribution in [0.2, 0.25) is 0 Å². The topological polar surface area (TPSA) is 99.2 Å². The van der Waals surface area contributed by atoms with E-state index in [9.17, 15) is 14.4 Å². The monoisotopic (exact) mass is 375 g/mol. The van der Waals surface area contributed by atoms with E-state index in [4.69, 9.17) is 9.94 Å². The minimum Gasteiger partial charge on any atom is -0.458 e. The number of carbonyl (C=O) groups is 3. The number of ether oxygens (including phenoxy) is 1. The van der Waals surface area contributed by atoms with E-state index < -0.39 is 23.5 Å². The zero-order chi connectivity index (χ0) is 19.0. The molecule has 2 N–H and O–H groups in total. The molecule has 0 radical (unpaired) electrons. The Hall–Kier alpha value is -1.48. The van der Waals surface area contributed by atoms with Gasteiger partial charge >= 0.3 is 12.0 Å². The molecule has 0 saturated carbocycles. The number of amides is 3. The summed E-state index contributed by atoms with van der Waals surface area (Å²) in [5.74, 6) is 0.486. The van der Waals surface area contributed by atoms with Gasteiger partial charge in [-0.25, -0.2) is 15.1 Å². The van der Waals surface area contributed by atoms with Crippen LogP contribution in [0.1, 0.15) is 40.5 Å². The Labute approximate surface area is 153 Å². The maximum Gasteiger partial charge on any atom is 0.329 e. The van der Waals surface area contributed by atoms with Gasteiger partial charge in [-0.15, -0.1) is 0 Å². The van der Waals surface area contributed by atoms with Gasteiger partial charge in [0.1, 0.15) is 18.2 Å². The van der Waals surface area contributed by atoms with Crippen molar-refractivity contribution in [3.63, 3.8) is 0 Å². The number of nitrogens with zero attached hydrogens (tertiary/aromatic N) is 2. The van der Waals surface area contributed by atoms with E-state index in [2.05, 4.69) is 0 Å². The summed E-state index contributed by atoms with van der Waals surface area (Å²) in [6.07, 6.45) is 1.25. The number of hydrogen-bond donors (Lipinski definition) is 2. The Balaban J connectivity index is 2.81. The van der Waals surface area contributed by atoms with Gasteiger partial charge in [0.25, 0.3) is 5.91 Å². The lowest BCUT2D eigenvalue weighted by molar-refractivity contribution is -0.159. The van der Waals surface area contributed by atoms with E-state index in [1.807, 2.05) is 6.92 Å². The Bertz CT molecular complexity index is 481. The first-order valence-electron chi connectivity index (χ1n) is 8.48. The minimum atomic E-state index is -0.664. The zero-order valence-corrected chi connectivity index (χ0v) is 16.2. The van der Waals surface area contributed by atoms with E-state index in [0.29, 0.717) is 31.7 Å². The second-order valence-electron chi connectivity index (χ2n) is 6.82. The van der Waals surface area contributed by atoms with Gasteiger partial charge < -0.3 is 14.5 Å². The van der Waals surface area contributed by atoms with E-state index in [-0.39, 0.29) is 12.6 Å². The first-order chi connectivity index (χ1) is 11.7. The molecule has 1 fully saturated rings. The Kier molecular flexibility index (Phi) is 8.51. The van der Waals surface area contributed by atoms with Gasteiger partial charge in [0.15, 0.2) is 0 Å². The highest BCUT2D eigenvalue weighted by molar-refractivity contribution is 7.99. The maximum atomic E-state index is 12.8. The van der Waals surface area contributed by atoms with Gasteiger partial charge in [-0.1, -0.05) is 6.92 Å². The van der Waals surface area contributed by atoms with Crippen molar-refractivity contribution in [2.45, 2.75) is 52.2 Å². The molecule has 0 unspecified atom stereocenters. The lowest BCUT2D eigenvalue weighted by atomic mass is 10.1. The molecule has 1 atom stereocenters. The standard InChI is InChI=1S/C16H29N3O5S/c1-5-25-10-9-18(11-13(20)17-23)15(22)19-8-6-7-12(19)14(21)24-16(2,3)4/h12,23H,5-11H2,1-4H3,(H,17,20)/t12-/m0/s1. The van der Waals surface area contributed by atoms with Crippen LogP contribution in [0, 0.1) is 0 Å². The molecule has 0 aromatic rings. The summed E-state index contributed by atoms with van der Waals surface area (Å²) < 4.78 is 5.41. The normalized spacial score (nSPS) is 17.3. The van der Waals surface area contributed by atoms with Crippen LogP contribution in [0.3, 0.4) is 0 Å². The third-order valence-corrected chi connectivity index (χ3v) is 4.50. The molecule has 0 aromatic heterocycles. The molecule has 8 nitrogen and oxygen atoms in total. The Morgan fingerprint density at radius 2 is 2.04 bits per heavy atom. The summed E-state index contributed by atoms with van der Waals surface area (Å²) >= 11 is 1.65. The average Bonchev–Trinajstić information content (AvgIpc) is 3.01. The predicted octanol–water partition coefficient (Wildman–Crippen LogP) is 1.47. The predicted molar refractivity (Wildman–Crippen MR) is 95.5 cm³/mol. The van der Waals surface area contributed by atoms with Crippen LogP contribution in [0.15, 0.2) is 0 Å². The highest BCUT2D eigenvalue weighted by Gasteiger charge is 2.38. The number of esters is 1. The van der Waals surface area contributed by atoms with E-state index in [0.717, 1.165) is 5.75 Å². The third-order valence-electron chi connectivity index (χ3n) is 3.62. The number of hydroxylamine groups is 1. The lowest BCUT2D eigenvalue weighted by Crippen LogP contribution is -2.52. The van der Waals surface area contributed by atoms with Crippen molar-refractivity contribution < 1.29 is 24.3 Å². The molecule has 0 bridgehead atoms. The average molecular weight is 375 g/mol. The van der Waals surface area contributed by atoms with Gasteiger partial charge in [-0.3, -0.25) is 10.0 Å². The maximum absolute atomic E-state index is 12.8. The third kappa shape index (κ3) is 7.11. The van der Waals surface area contributed by atoms with Crippen LogP contribution in [-0.2, 0) is 14.3 Å². The lowest BCUT2D eigenvalue weighted by Gasteiger charge is -2.31. The molecule has 1 saturated heterocycles. The molecule has 25 heavy (non-hydrogen) atoms. The number of hydrogen-bond acceptors (Lipinski definition) is 6. The summed E-state index contributed by atoms with van der Waals surface area (Å²) in [5, 5.41) is 8.74. The molecule has 1 aliphatic heterocycles. The molecule has 144 valence electrons. The second kappa shape index (κ2) is 9.86. The van der Waals surface area contributed by atoms with E-state index >= 15 is 0 Å².